The van der Waals surface area contributed by atoms with Gasteiger partial charge in [0.2, 0.25) is 5.95 Å². The molecule has 3 aromatic rings. The number of rotatable bonds is 7. The van der Waals surface area contributed by atoms with Crippen LogP contribution < -0.4 is 10.6 Å². The monoisotopic (exact) mass is 496 g/mol. The molecule has 1 aliphatic heterocycles. The molecule has 1 aliphatic rings. The maximum Gasteiger partial charge on any atom is 0.412 e. The first-order valence-corrected chi connectivity index (χ1v) is 13.0. The van der Waals surface area contributed by atoms with Crippen LogP contribution in [0.25, 0.3) is 20.7 Å². The van der Waals surface area contributed by atoms with Crippen LogP contribution in [0.15, 0.2) is 30.5 Å². The fourth-order valence-electron chi connectivity index (χ4n) is 4.00. The number of carbonyl (C=O) groups is 1. The van der Waals surface area contributed by atoms with Crippen LogP contribution in [0.4, 0.5) is 16.4 Å². The van der Waals surface area contributed by atoms with E-state index in [0.717, 1.165) is 71.9 Å². The highest BCUT2D eigenvalue weighted by molar-refractivity contribution is 7.22. The van der Waals surface area contributed by atoms with Crippen molar-refractivity contribution in [3.8, 4) is 10.6 Å². The maximum atomic E-state index is 12.1. The summed E-state index contributed by atoms with van der Waals surface area (Å²) in [6.07, 6.45) is 2.49. The van der Waals surface area contributed by atoms with E-state index in [4.69, 9.17) is 9.72 Å². The molecule has 2 N–H and O–H groups in total. The molecule has 0 radical (unpaired) electrons. The molecular formula is C26H36N6O2S. The average Bonchev–Trinajstić information content (AvgIpc) is 3.21. The lowest BCUT2D eigenvalue weighted by Crippen LogP contribution is -2.44. The standard InChI is InChI=1S/C26H36N6O2S/c1-18-17-28-24(27-9-6-10-32-13-11-31(5)12-14-32)30-23(18)22-15-19-7-8-20(16-21(19)35-22)29-25(33)34-26(2,3)4/h7-8,15-17H,6,9-14H2,1-5H3,(H,29,33)(H,27,28,30). The fraction of sp³-hybridized carbons (Fsp3) is 0.500. The Morgan fingerprint density at radius 3 is 2.69 bits per heavy atom. The molecule has 0 aliphatic carbocycles. The lowest BCUT2D eigenvalue weighted by atomic mass is 10.2. The van der Waals surface area contributed by atoms with Crippen molar-refractivity contribution >= 4 is 39.2 Å². The van der Waals surface area contributed by atoms with Gasteiger partial charge in [-0.3, -0.25) is 5.32 Å². The Morgan fingerprint density at radius 1 is 1.17 bits per heavy atom. The van der Waals surface area contributed by atoms with Gasteiger partial charge >= 0.3 is 6.09 Å². The van der Waals surface area contributed by atoms with Crippen molar-refractivity contribution in [1.82, 2.24) is 19.8 Å². The average molecular weight is 497 g/mol. The van der Waals surface area contributed by atoms with E-state index in [1.54, 1.807) is 11.3 Å². The molecule has 4 rings (SSSR count). The lowest BCUT2D eigenvalue weighted by Gasteiger charge is -2.32. The molecule has 188 valence electrons. The van der Waals surface area contributed by atoms with Gasteiger partial charge in [0, 0.05) is 49.3 Å². The van der Waals surface area contributed by atoms with Gasteiger partial charge < -0.3 is 19.9 Å². The number of likely N-dealkylation sites (N-methyl/N-ethyl adjacent to an activating group) is 1. The van der Waals surface area contributed by atoms with E-state index in [1.165, 1.54) is 0 Å². The Balaban J connectivity index is 1.39. The molecule has 0 spiro atoms. The van der Waals surface area contributed by atoms with Crippen LogP contribution in [0.1, 0.15) is 32.8 Å². The molecule has 0 bridgehead atoms. The van der Waals surface area contributed by atoms with Gasteiger partial charge in [-0.2, -0.15) is 0 Å². The van der Waals surface area contributed by atoms with Crippen molar-refractivity contribution < 1.29 is 9.53 Å². The van der Waals surface area contributed by atoms with Crippen LogP contribution in [-0.4, -0.2) is 77.8 Å². The largest absolute Gasteiger partial charge is 0.444 e. The smallest absolute Gasteiger partial charge is 0.412 e. The Morgan fingerprint density at radius 2 is 1.94 bits per heavy atom. The second-order valence-corrected chi connectivity index (χ2v) is 11.2. The molecule has 1 amide bonds. The third-order valence-corrected chi connectivity index (χ3v) is 7.01. The first-order valence-electron chi connectivity index (χ1n) is 12.2. The molecule has 1 fully saturated rings. The number of carbonyl (C=O) groups excluding carboxylic acids is 1. The Bertz CT molecular complexity index is 1160. The minimum Gasteiger partial charge on any atom is -0.444 e. The van der Waals surface area contributed by atoms with E-state index in [9.17, 15) is 4.79 Å². The van der Waals surface area contributed by atoms with E-state index < -0.39 is 11.7 Å². The molecule has 0 atom stereocenters. The van der Waals surface area contributed by atoms with Crippen molar-refractivity contribution in [2.75, 3.05) is 56.9 Å². The highest BCUT2D eigenvalue weighted by Gasteiger charge is 2.17. The molecule has 0 unspecified atom stereocenters. The molecule has 9 heteroatoms. The normalized spacial score (nSPS) is 15.3. The van der Waals surface area contributed by atoms with E-state index in [2.05, 4.69) is 38.5 Å². The minimum absolute atomic E-state index is 0.455. The first kappa shape index (κ1) is 25.3. The second kappa shape index (κ2) is 10.9. The van der Waals surface area contributed by atoms with Gasteiger partial charge in [0.05, 0.1) is 10.6 Å². The maximum absolute atomic E-state index is 12.1. The molecule has 2 aromatic heterocycles. The predicted molar refractivity (Wildman–Crippen MR) is 144 cm³/mol. The lowest BCUT2D eigenvalue weighted by molar-refractivity contribution is 0.0636. The van der Waals surface area contributed by atoms with Gasteiger partial charge in [-0.25, -0.2) is 14.8 Å². The molecule has 1 aromatic carbocycles. The number of amides is 1. The summed E-state index contributed by atoms with van der Waals surface area (Å²) in [5.74, 6) is 0.661. The molecule has 1 saturated heterocycles. The number of hydrogen-bond acceptors (Lipinski definition) is 8. The van der Waals surface area contributed by atoms with E-state index in [1.807, 2.05) is 52.1 Å². The SMILES string of the molecule is Cc1cnc(NCCCN2CCN(C)CC2)nc1-c1cc2ccc(NC(=O)OC(C)(C)C)cc2s1. The molecular weight excluding hydrogens is 460 g/mol. The van der Waals surface area contributed by atoms with Crippen LogP contribution >= 0.6 is 11.3 Å². The second-order valence-electron chi connectivity index (χ2n) is 10.1. The first-order chi connectivity index (χ1) is 16.7. The zero-order valence-corrected chi connectivity index (χ0v) is 22.2. The highest BCUT2D eigenvalue weighted by atomic mass is 32.1. The molecule has 35 heavy (non-hydrogen) atoms. The van der Waals surface area contributed by atoms with Crippen LogP contribution in [0.5, 0.6) is 0 Å². The van der Waals surface area contributed by atoms with Gasteiger partial charge in [-0.1, -0.05) is 6.07 Å². The van der Waals surface area contributed by atoms with Crippen molar-refractivity contribution in [3.05, 3.63) is 36.0 Å². The number of piperazine rings is 1. The molecule has 0 saturated carbocycles. The van der Waals surface area contributed by atoms with Crippen LogP contribution in [0.2, 0.25) is 0 Å². The van der Waals surface area contributed by atoms with Crippen molar-refractivity contribution in [1.29, 1.82) is 0 Å². The number of ether oxygens (including phenoxy) is 1. The Hall–Kier alpha value is -2.75. The van der Waals surface area contributed by atoms with Gasteiger partial charge in [-0.05, 0) is 76.9 Å². The summed E-state index contributed by atoms with van der Waals surface area (Å²) >= 11 is 1.65. The quantitative estimate of drug-likeness (QED) is 0.442. The van der Waals surface area contributed by atoms with Gasteiger partial charge in [0.15, 0.2) is 0 Å². The van der Waals surface area contributed by atoms with Crippen LogP contribution in [0, 0.1) is 6.92 Å². The number of benzene rings is 1. The van der Waals surface area contributed by atoms with Crippen molar-refractivity contribution in [2.24, 2.45) is 0 Å². The number of nitrogens with one attached hydrogen (secondary N) is 2. The number of aryl methyl sites for hydroxylation is 1. The summed E-state index contributed by atoms with van der Waals surface area (Å²) in [6.45, 7) is 14.1. The number of aromatic nitrogens is 2. The van der Waals surface area contributed by atoms with E-state index >= 15 is 0 Å². The number of thiophene rings is 1. The molecule has 3 heterocycles. The van der Waals surface area contributed by atoms with Crippen molar-refractivity contribution in [3.63, 3.8) is 0 Å². The number of fused-ring (bicyclic) bond motifs is 1. The summed E-state index contributed by atoms with van der Waals surface area (Å²) < 4.78 is 6.44. The minimum atomic E-state index is -0.537. The summed E-state index contributed by atoms with van der Waals surface area (Å²) in [5.41, 5.74) is 2.14. The van der Waals surface area contributed by atoms with E-state index in [-0.39, 0.29) is 0 Å². The Kier molecular flexibility index (Phi) is 7.88. The number of hydrogen-bond donors (Lipinski definition) is 2. The van der Waals surface area contributed by atoms with Gasteiger partial charge in [-0.15, -0.1) is 11.3 Å². The molecule has 8 nitrogen and oxygen atoms in total. The summed E-state index contributed by atoms with van der Waals surface area (Å²) in [4.78, 5) is 27.4. The van der Waals surface area contributed by atoms with E-state index in [0.29, 0.717) is 11.6 Å². The zero-order chi connectivity index (χ0) is 25.0. The summed E-state index contributed by atoms with van der Waals surface area (Å²) in [5, 5.41) is 7.33. The fourth-order valence-corrected chi connectivity index (χ4v) is 5.15. The number of anilines is 2. The van der Waals surface area contributed by atoms with Gasteiger partial charge in [0.1, 0.15) is 5.60 Å². The predicted octanol–water partition coefficient (Wildman–Crippen LogP) is 5.06. The third-order valence-electron chi connectivity index (χ3n) is 5.90. The van der Waals surface area contributed by atoms with Crippen molar-refractivity contribution in [2.45, 2.75) is 39.7 Å². The number of nitrogens with zero attached hydrogens (tertiary/aromatic N) is 4. The Labute approximate surface area is 211 Å². The topological polar surface area (TPSA) is 82.6 Å². The summed E-state index contributed by atoms with van der Waals surface area (Å²) in [7, 11) is 2.18. The summed E-state index contributed by atoms with van der Waals surface area (Å²) in [6, 6.07) is 8.02. The highest BCUT2D eigenvalue weighted by Crippen LogP contribution is 2.35. The van der Waals surface area contributed by atoms with Gasteiger partial charge in [0.25, 0.3) is 0 Å². The zero-order valence-electron chi connectivity index (χ0n) is 21.4. The van der Waals surface area contributed by atoms with Crippen LogP contribution in [0.3, 0.4) is 0 Å². The van der Waals surface area contributed by atoms with Crippen LogP contribution in [-0.2, 0) is 4.74 Å². The third kappa shape index (κ3) is 7.13.